The second-order valence-corrected chi connectivity index (χ2v) is 8.47. The third kappa shape index (κ3) is 4.46. The first-order valence-electron chi connectivity index (χ1n) is 9.33. The molecule has 0 aliphatic heterocycles. The summed E-state index contributed by atoms with van der Waals surface area (Å²) in [6.45, 7) is 6.36. The number of carbonyl (C=O) groups is 1. The van der Waals surface area contributed by atoms with Crippen molar-refractivity contribution >= 4 is 6.09 Å². The molecule has 3 rings (SSSR count). The van der Waals surface area contributed by atoms with Crippen LogP contribution >= 0.6 is 0 Å². The van der Waals surface area contributed by atoms with Crippen LogP contribution in [0.4, 0.5) is 4.79 Å². The van der Waals surface area contributed by atoms with E-state index in [4.69, 9.17) is 4.74 Å². The van der Waals surface area contributed by atoms with Crippen molar-refractivity contribution in [3.8, 4) is 5.75 Å². The molecule has 3 N–H and O–H groups in total. The zero-order valence-corrected chi connectivity index (χ0v) is 15.5. The van der Waals surface area contributed by atoms with E-state index in [1.807, 2.05) is 32.9 Å². The highest BCUT2D eigenvalue weighted by molar-refractivity contribution is 5.69. The minimum atomic E-state index is -0.484. The summed E-state index contributed by atoms with van der Waals surface area (Å²) in [5.74, 6) is 0.317. The fourth-order valence-electron chi connectivity index (χ4n) is 3.79. The van der Waals surface area contributed by atoms with E-state index in [0.717, 1.165) is 45.1 Å². The normalized spacial score (nSPS) is 21.8. The number of aryl methyl sites for hydroxylation is 1. The van der Waals surface area contributed by atoms with Gasteiger partial charge in [0, 0.05) is 12.6 Å². The molecule has 1 fully saturated rings. The number of phenolic OH excluding ortho intramolecular Hbond substituents is 1. The average Bonchev–Trinajstić information content (AvgIpc) is 2.48. The predicted molar refractivity (Wildman–Crippen MR) is 97.7 cm³/mol. The highest BCUT2D eigenvalue weighted by Gasteiger charge is 2.40. The number of fused-ring (bicyclic) bond motifs is 1. The molecule has 25 heavy (non-hydrogen) atoms. The lowest BCUT2D eigenvalue weighted by molar-refractivity contribution is 0.0378. The van der Waals surface area contributed by atoms with E-state index in [0.29, 0.717) is 5.75 Å². The number of phenols is 1. The van der Waals surface area contributed by atoms with Gasteiger partial charge in [0.2, 0.25) is 0 Å². The Morgan fingerprint density at radius 2 is 2.08 bits per heavy atom. The van der Waals surface area contributed by atoms with Crippen LogP contribution in [-0.4, -0.2) is 28.9 Å². The molecular formula is C20H30N2O3. The van der Waals surface area contributed by atoms with Crippen molar-refractivity contribution < 1.29 is 14.6 Å². The highest BCUT2D eigenvalue weighted by Crippen LogP contribution is 2.35. The van der Waals surface area contributed by atoms with Gasteiger partial charge in [-0.3, -0.25) is 0 Å². The minimum Gasteiger partial charge on any atom is -0.508 e. The van der Waals surface area contributed by atoms with Crippen LogP contribution in [0, 0.1) is 0 Å². The molecular weight excluding hydrogens is 316 g/mol. The largest absolute Gasteiger partial charge is 0.508 e. The number of hydrogen-bond acceptors (Lipinski definition) is 4. The molecule has 0 heterocycles. The molecule has 0 saturated heterocycles. The van der Waals surface area contributed by atoms with E-state index in [1.54, 1.807) is 6.07 Å². The molecule has 2 aliphatic rings. The van der Waals surface area contributed by atoms with Crippen LogP contribution < -0.4 is 10.6 Å². The Morgan fingerprint density at radius 3 is 2.72 bits per heavy atom. The number of carbonyl (C=O) groups excluding carboxylic acids is 1. The van der Waals surface area contributed by atoms with Gasteiger partial charge < -0.3 is 20.5 Å². The summed E-state index contributed by atoms with van der Waals surface area (Å²) in [6.07, 6.45) is 5.99. The lowest BCUT2D eigenvalue weighted by Crippen LogP contribution is -2.60. The van der Waals surface area contributed by atoms with Gasteiger partial charge in [0.05, 0.1) is 5.54 Å². The number of aromatic hydroxyl groups is 1. The van der Waals surface area contributed by atoms with Crippen molar-refractivity contribution in [1.82, 2.24) is 10.6 Å². The van der Waals surface area contributed by atoms with Crippen molar-refractivity contribution in [3.63, 3.8) is 0 Å². The van der Waals surface area contributed by atoms with Crippen LogP contribution in [0.5, 0.6) is 5.75 Å². The molecule has 0 spiro atoms. The maximum absolute atomic E-state index is 12.2. The number of nitrogens with one attached hydrogen (secondary N) is 2. The summed E-state index contributed by atoms with van der Waals surface area (Å²) >= 11 is 0. The van der Waals surface area contributed by atoms with Crippen molar-refractivity contribution in [3.05, 3.63) is 29.3 Å². The van der Waals surface area contributed by atoms with Gasteiger partial charge in [0.25, 0.3) is 0 Å². The molecule has 0 aromatic heterocycles. The monoisotopic (exact) mass is 346 g/mol. The molecule has 138 valence electrons. The van der Waals surface area contributed by atoms with E-state index in [2.05, 4.69) is 10.6 Å². The Bertz CT molecular complexity index is 632. The molecule has 1 atom stereocenters. The number of rotatable bonds is 4. The van der Waals surface area contributed by atoms with Crippen LogP contribution in [0.15, 0.2) is 18.2 Å². The van der Waals surface area contributed by atoms with Gasteiger partial charge in [-0.15, -0.1) is 0 Å². The summed E-state index contributed by atoms with van der Waals surface area (Å²) < 4.78 is 5.42. The Balaban J connectivity index is 1.62. The number of benzene rings is 1. The third-order valence-electron chi connectivity index (χ3n) is 5.21. The standard InChI is InChI=1S/C20H30N2O3/c1-19(2,3)25-18(24)22-20(10-5-11-20)13-21-17-7-4-6-14-8-9-15(23)12-16(14)17/h8-9,12,17,21,23H,4-7,10-11,13H2,1-3H3,(H,22,24). The molecule has 0 radical (unpaired) electrons. The minimum absolute atomic E-state index is 0.212. The van der Waals surface area contributed by atoms with Gasteiger partial charge in [-0.05, 0) is 82.6 Å². The van der Waals surface area contributed by atoms with Crippen LogP contribution in [0.1, 0.15) is 70.0 Å². The topological polar surface area (TPSA) is 70.6 Å². The summed E-state index contributed by atoms with van der Waals surface area (Å²) in [7, 11) is 0. The molecule has 2 aliphatic carbocycles. The van der Waals surface area contributed by atoms with Crippen LogP contribution in [0.2, 0.25) is 0 Å². The summed E-state index contributed by atoms with van der Waals surface area (Å²) in [5, 5.41) is 16.5. The van der Waals surface area contributed by atoms with E-state index in [9.17, 15) is 9.90 Å². The van der Waals surface area contributed by atoms with Crippen molar-refractivity contribution in [1.29, 1.82) is 0 Å². The van der Waals surface area contributed by atoms with Gasteiger partial charge in [-0.1, -0.05) is 6.07 Å². The molecule has 0 bridgehead atoms. The van der Waals surface area contributed by atoms with Gasteiger partial charge in [-0.25, -0.2) is 4.79 Å². The van der Waals surface area contributed by atoms with E-state index in [-0.39, 0.29) is 17.7 Å². The van der Waals surface area contributed by atoms with E-state index in [1.165, 1.54) is 11.1 Å². The Labute approximate surface area is 150 Å². The second-order valence-electron chi connectivity index (χ2n) is 8.47. The highest BCUT2D eigenvalue weighted by atomic mass is 16.6. The van der Waals surface area contributed by atoms with Crippen molar-refractivity contribution in [2.45, 2.75) is 76.5 Å². The van der Waals surface area contributed by atoms with Gasteiger partial charge in [-0.2, -0.15) is 0 Å². The number of hydrogen-bond donors (Lipinski definition) is 3. The average molecular weight is 346 g/mol. The second kappa shape index (κ2) is 6.87. The van der Waals surface area contributed by atoms with E-state index >= 15 is 0 Å². The fourth-order valence-corrected chi connectivity index (χ4v) is 3.79. The van der Waals surface area contributed by atoms with Gasteiger partial charge in [0.1, 0.15) is 11.4 Å². The lowest BCUT2D eigenvalue weighted by atomic mass is 9.76. The Morgan fingerprint density at radius 1 is 1.32 bits per heavy atom. The summed E-state index contributed by atoms with van der Waals surface area (Å²) in [6, 6.07) is 5.89. The predicted octanol–water partition coefficient (Wildman–Crippen LogP) is 3.81. The number of amides is 1. The Kier molecular flexibility index (Phi) is 4.96. The summed E-state index contributed by atoms with van der Waals surface area (Å²) in [4.78, 5) is 12.2. The molecule has 1 aromatic carbocycles. The molecule has 5 nitrogen and oxygen atoms in total. The zero-order chi connectivity index (χ0) is 18.1. The van der Waals surface area contributed by atoms with Gasteiger partial charge >= 0.3 is 6.09 Å². The first-order valence-corrected chi connectivity index (χ1v) is 9.33. The van der Waals surface area contributed by atoms with Crippen LogP contribution in [0.3, 0.4) is 0 Å². The maximum atomic E-state index is 12.2. The van der Waals surface area contributed by atoms with Crippen LogP contribution in [-0.2, 0) is 11.2 Å². The quantitative estimate of drug-likeness (QED) is 0.775. The van der Waals surface area contributed by atoms with Crippen molar-refractivity contribution in [2.75, 3.05) is 6.54 Å². The van der Waals surface area contributed by atoms with E-state index < -0.39 is 5.60 Å². The van der Waals surface area contributed by atoms with Crippen molar-refractivity contribution in [2.24, 2.45) is 0 Å². The summed E-state index contributed by atoms with van der Waals surface area (Å²) in [5.41, 5.74) is 1.81. The smallest absolute Gasteiger partial charge is 0.408 e. The third-order valence-corrected chi connectivity index (χ3v) is 5.21. The first-order chi connectivity index (χ1) is 11.8. The molecule has 1 amide bonds. The maximum Gasteiger partial charge on any atom is 0.408 e. The SMILES string of the molecule is CC(C)(C)OC(=O)NC1(CNC2CCCc3ccc(O)cc32)CCC1. The first kappa shape index (κ1) is 18.1. The Hall–Kier alpha value is -1.75. The molecule has 1 unspecified atom stereocenters. The van der Waals surface area contributed by atoms with Crippen LogP contribution in [0.25, 0.3) is 0 Å². The van der Waals surface area contributed by atoms with Gasteiger partial charge in [0.15, 0.2) is 0 Å². The number of ether oxygens (including phenoxy) is 1. The zero-order valence-electron chi connectivity index (χ0n) is 15.5. The fraction of sp³-hybridized carbons (Fsp3) is 0.650. The lowest BCUT2D eigenvalue weighted by Gasteiger charge is -2.44. The molecule has 5 heteroatoms. The molecule has 1 saturated carbocycles. The molecule has 1 aromatic rings. The number of alkyl carbamates (subject to hydrolysis) is 1.